The van der Waals surface area contributed by atoms with Gasteiger partial charge >= 0.3 is 5.97 Å². The van der Waals surface area contributed by atoms with Gasteiger partial charge in [-0.15, -0.1) is 0 Å². The summed E-state index contributed by atoms with van der Waals surface area (Å²) in [5.74, 6) is 0.259. The van der Waals surface area contributed by atoms with Crippen LogP contribution in [0.25, 0.3) is 5.57 Å². The van der Waals surface area contributed by atoms with Crippen molar-refractivity contribution in [1.29, 1.82) is 0 Å². The molecule has 110 valence electrons. The second-order valence-electron chi connectivity index (χ2n) is 4.26. The fourth-order valence-electron chi connectivity index (χ4n) is 1.93. The van der Waals surface area contributed by atoms with E-state index in [1.54, 1.807) is 32.4 Å². The molecule has 4 nitrogen and oxygen atoms in total. The summed E-state index contributed by atoms with van der Waals surface area (Å²) in [6.07, 6.45) is 3.32. The Bertz CT molecular complexity index is 509. The molecule has 1 rings (SSSR count). The van der Waals surface area contributed by atoms with Gasteiger partial charge in [-0.1, -0.05) is 31.0 Å². The first kappa shape index (κ1) is 16.4. The van der Waals surface area contributed by atoms with Gasteiger partial charge in [-0.05, 0) is 23.6 Å². The number of carboxylic acid groups (broad SMARTS) is 1. The molecule has 1 aromatic carbocycles. The van der Waals surface area contributed by atoms with E-state index < -0.39 is 5.97 Å². The lowest BCUT2D eigenvalue weighted by molar-refractivity contribution is -0.135. The Morgan fingerprint density at radius 2 is 1.90 bits per heavy atom. The number of rotatable bonds is 7. The number of methoxy groups -OCH3 is 2. The molecule has 0 aliphatic rings. The number of aliphatic carboxylic acids is 1. The SMILES string of the molecule is CCC/C(=C\CC(=O)O)c1cc(OC)c(OC)cc1Cl. The summed E-state index contributed by atoms with van der Waals surface area (Å²) >= 11 is 6.26. The van der Waals surface area contributed by atoms with Gasteiger partial charge in [-0.3, -0.25) is 4.79 Å². The molecule has 0 heterocycles. The average Bonchev–Trinajstić information content (AvgIpc) is 2.43. The summed E-state index contributed by atoms with van der Waals surface area (Å²) in [5.41, 5.74) is 1.69. The van der Waals surface area contributed by atoms with Crippen LogP contribution in [0.5, 0.6) is 11.5 Å². The zero-order chi connectivity index (χ0) is 15.1. The lowest BCUT2D eigenvalue weighted by Gasteiger charge is -2.14. The first-order valence-corrected chi connectivity index (χ1v) is 6.74. The van der Waals surface area contributed by atoms with Gasteiger partial charge in [0.15, 0.2) is 11.5 Å². The molecule has 0 bridgehead atoms. The van der Waals surface area contributed by atoms with Gasteiger partial charge in [0.25, 0.3) is 0 Å². The second kappa shape index (κ2) is 7.80. The van der Waals surface area contributed by atoms with E-state index in [-0.39, 0.29) is 6.42 Å². The van der Waals surface area contributed by atoms with E-state index in [1.807, 2.05) is 6.92 Å². The quantitative estimate of drug-likeness (QED) is 0.826. The van der Waals surface area contributed by atoms with E-state index >= 15 is 0 Å². The van der Waals surface area contributed by atoms with Crippen molar-refractivity contribution >= 4 is 23.1 Å². The predicted octanol–water partition coefficient (Wildman–Crippen LogP) is 4.02. The molecule has 1 aromatic rings. The first-order valence-electron chi connectivity index (χ1n) is 6.36. The molecule has 0 fully saturated rings. The highest BCUT2D eigenvalue weighted by molar-refractivity contribution is 6.32. The molecule has 0 aromatic heterocycles. The molecule has 0 spiro atoms. The van der Waals surface area contributed by atoms with Crippen molar-refractivity contribution in [2.45, 2.75) is 26.2 Å². The minimum atomic E-state index is -0.866. The first-order chi connectivity index (χ1) is 9.53. The number of halogens is 1. The zero-order valence-electron chi connectivity index (χ0n) is 11.9. The molecule has 0 saturated heterocycles. The Balaban J connectivity index is 3.25. The van der Waals surface area contributed by atoms with E-state index in [0.717, 1.165) is 24.0 Å². The second-order valence-corrected chi connectivity index (χ2v) is 4.67. The summed E-state index contributed by atoms with van der Waals surface area (Å²) in [6.45, 7) is 2.03. The number of carboxylic acids is 1. The number of allylic oxidation sites excluding steroid dienone is 1. The van der Waals surface area contributed by atoms with Crippen molar-refractivity contribution in [2.75, 3.05) is 14.2 Å². The lowest BCUT2D eigenvalue weighted by atomic mass is 9.99. The molecule has 5 heteroatoms. The van der Waals surface area contributed by atoms with Crippen LogP contribution in [-0.2, 0) is 4.79 Å². The summed E-state index contributed by atoms with van der Waals surface area (Å²) < 4.78 is 10.4. The van der Waals surface area contributed by atoms with Gasteiger partial charge in [-0.2, -0.15) is 0 Å². The summed E-state index contributed by atoms with van der Waals surface area (Å²) in [4.78, 5) is 10.7. The van der Waals surface area contributed by atoms with Gasteiger partial charge < -0.3 is 14.6 Å². The highest BCUT2D eigenvalue weighted by Crippen LogP contribution is 2.37. The van der Waals surface area contributed by atoms with Crippen molar-refractivity contribution < 1.29 is 19.4 Å². The van der Waals surface area contributed by atoms with Crippen molar-refractivity contribution in [2.24, 2.45) is 0 Å². The van der Waals surface area contributed by atoms with E-state index in [1.165, 1.54) is 0 Å². The van der Waals surface area contributed by atoms with Crippen LogP contribution in [0.3, 0.4) is 0 Å². The predicted molar refractivity (Wildman–Crippen MR) is 79.7 cm³/mol. The minimum absolute atomic E-state index is 0.0278. The Hall–Kier alpha value is -1.68. The lowest BCUT2D eigenvalue weighted by Crippen LogP contribution is -1.96. The van der Waals surface area contributed by atoms with Crippen molar-refractivity contribution in [1.82, 2.24) is 0 Å². The van der Waals surface area contributed by atoms with E-state index in [4.69, 9.17) is 26.2 Å². The fourth-order valence-corrected chi connectivity index (χ4v) is 2.20. The zero-order valence-corrected chi connectivity index (χ0v) is 12.7. The average molecular weight is 299 g/mol. The summed E-state index contributed by atoms with van der Waals surface area (Å²) in [6, 6.07) is 3.46. The molecule has 0 radical (unpaired) electrons. The highest BCUT2D eigenvalue weighted by Gasteiger charge is 2.13. The summed E-state index contributed by atoms with van der Waals surface area (Å²) in [7, 11) is 3.09. The number of hydrogen-bond acceptors (Lipinski definition) is 3. The molecule has 20 heavy (non-hydrogen) atoms. The van der Waals surface area contributed by atoms with E-state index in [0.29, 0.717) is 16.5 Å². The topological polar surface area (TPSA) is 55.8 Å². The summed E-state index contributed by atoms with van der Waals surface area (Å²) in [5, 5.41) is 9.33. The van der Waals surface area contributed by atoms with E-state index in [9.17, 15) is 4.79 Å². The van der Waals surface area contributed by atoms with Crippen LogP contribution in [-0.4, -0.2) is 25.3 Å². The van der Waals surface area contributed by atoms with Crippen LogP contribution >= 0.6 is 11.6 Å². The normalized spacial score (nSPS) is 11.3. The van der Waals surface area contributed by atoms with Crippen LogP contribution in [0.15, 0.2) is 18.2 Å². The van der Waals surface area contributed by atoms with Crippen LogP contribution in [0.2, 0.25) is 5.02 Å². The number of carbonyl (C=O) groups is 1. The van der Waals surface area contributed by atoms with Crippen molar-refractivity contribution in [3.8, 4) is 11.5 Å². The minimum Gasteiger partial charge on any atom is -0.493 e. The monoisotopic (exact) mass is 298 g/mol. The maximum absolute atomic E-state index is 10.7. The molecule has 0 unspecified atom stereocenters. The third-order valence-electron chi connectivity index (χ3n) is 2.86. The van der Waals surface area contributed by atoms with Gasteiger partial charge in [0, 0.05) is 6.07 Å². The Morgan fingerprint density at radius 1 is 1.30 bits per heavy atom. The number of ether oxygens (including phenoxy) is 2. The number of benzene rings is 1. The molecule has 0 atom stereocenters. The Morgan fingerprint density at radius 3 is 2.40 bits per heavy atom. The molecule has 0 saturated carbocycles. The van der Waals surface area contributed by atoms with Crippen molar-refractivity contribution in [3.63, 3.8) is 0 Å². The van der Waals surface area contributed by atoms with Gasteiger partial charge in [-0.25, -0.2) is 0 Å². The molecule has 0 aliphatic carbocycles. The van der Waals surface area contributed by atoms with Crippen LogP contribution < -0.4 is 9.47 Å². The third kappa shape index (κ3) is 4.17. The Labute approximate surface area is 124 Å². The smallest absolute Gasteiger partial charge is 0.307 e. The standard InChI is InChI=1S/C15H19ClO4/c1-4-5-10(6-7-15(17)18)11-8-13(19-2)14(20-3)9-12(11)16/h6,8-9H,4-5,7H2,1-3H3,(H,17,18)/b10-6+. The number of hydrogen-bond donors (Lipinski definition) is 1. The third-order valence-corrected chi connectivity index (χ3v) is 3.17. The largest absolute Gasteiger partial charge is 0.493 e. The van der Waals surface area contributed by atoms with Crippen LogP contribution in [0, 0.1) is 0 Å². The van der Waals surface area contributed by atoms with Gasteiger partial charge in [0.2, 0.25) is 0 Å². The highest BCUT2D eigenvalue weighted by atomic mass is 35.5. The molecule has 0 aliphatic heterocycles. The van der Waals surface area contributed by atoms with Gasteiger partial charge in [0.05, 0.1) is 25.7 Å². The molecule has 1 N–H and O–H groups in total. The maximum Gasteiger partial charge on any atom is 0.307 e. The fraction of sp³-hybridized carbons (Fsp3) is 0.400. The van der Waals surface area contributed by atoms with E-state index in [2.05, 4.69) is 0 Å². The van der Waals surface area contributed by atoms with Crippen LogP contribution in [0.4, 0.5) is 0 Å². The maximum atomic E-state index is 10.7. The molecule has 0 amide bonds. The van der Waals surface area contributed by atoms with Gasteiger partial charge in [0.1, 0.15) is 0 Å². The molecular formula is C15H19ClO4. The molecular weight excluding hydrogens is 280 g/mol. The Kier molecular flexibility index (Phi) is 6.39. The van der Waals surface area contributed by atoms with Crippen molar-refractivity contribution in [3.05, 3.63) is 28.8 Å². The van der Waals surface area contributed by atoms with Crippen LogP contribution in [0.1, 0.15) is 31.7 Å².